The Labute approximate surface area is 80.4 Å². The van der Waals surface area contributed by atoms with Crippen LogP contribution in [0.25, 0.3) is 0 Å². The van der Waals surface area contributed by atoms with Crippen molar-refractivity contribution in [2.75, 3.05) is 6.61 Å². The minimum atomic E-state index is -2.09. The van der Waals surface area contributed by atoms with Gasteiger partial charge in [0, 0.05) is 6.61 Å². The van der Waals surface area contributed by atoms with Gasteiger partial charge in [0.05, 0.1) is 6.42 Å². The Morgan fingerprint density at radius 3 is 2.14 bits per heavy atom. The molecule has 6 nitrogen and oxygen atoms in total. The summed E-state index contributed by atoms with van der Waals surface area (Å²) in [6.45, 7) is 0.0675. The maximum atomic E-state index is 10.6. The van der Waals surface area contributed by atoms with Crippen molar-refractivity contribution < 1.29 is 29.3 Å². The van der Waals surface area contributed by atoms with Gasteiger partial charge >= 0.3 is 17.9 Å². The summed E-state index contributed by atoms with van der Waals surface area (Å²) in [5.41, 5.74) is 0. The second-order valence-electron chi connectivity index (χ2n) is 3.03. The van der Waals surface area contributed by atoms with Crippen LogP contribution >= 0.6 is 0 Å². The summed E-state index contributed by atoms with van der Waals surface area (Å²) in [4.78, 5) is 21.2. The van der Waals surface area contributed by atoms with Crippen LogP contribution in [0, 0.1) is 0 Å². The summed E-state index contributed by atoms with van der Waals surface area (Å²) < 4.78 is 8.65. The lowest BCUT2D eigenvalue weighted by Crippen LogP contribution is -2.29. The van der Waals surface area contributed by atoms with Crippen LogP contribution in [0.2, 0.25) is 0 Å². The molecule has 0 radical (unpaired) electrons. The fourth-order valence-electron chi connectivity index (χ4n) is 1.13. The van der Waals surface area contributed by atoms with Crippen molar-refractivity contribution in [3.05, 3.63) is 0 Å². The standard InChI is InChI=1S/C8H12O6/c9-5-3-1-2-4-8(12)13-6(10)7(11)14-8/h9,12H,1-5H2. The zero-order valence-corrected chi connectivity index (χ0v) is 7.56. The zero-order chi connectivity index (χ0) is 10.6. The molecule has 0 amide bonds. The molecule has 1 rings (SSSR count). The monoisotopic (exact) mass is 204 g/mol. The van der Waals surface area contributed by atoms with E-state index in [-0.39, 0.29) is 13.0 Å². The average Bonchev–Trinajstić information content (AvgIpc) is 2.36. The van der Waals surface area contributed by atoms with Gasteiger partial charge in [0.15, 0.2) is 0 Å². The third kappa shape index (κ3) is 2.68. The molecular weight excluding hydrogens is 192 g/mol. The summed E-state index contributed by atoms with van der Waals surface area (Å²) in [6, 6.07) is 0. The van der Waals surface area contributed by atoms with Crippen LogP contribution in [0.4, 0.5) is 0 Å². The number of unbranched alkanes of at least 4 members (excludes halogenated alkanes) is 2. The third-order valence-electron chi connectivity index (χ3n) is 1.82. The highest BCUT2D eigenvalue weighted by molar-refractivity contribution is 6.31. The van der Waals surface area contributed by atoms with Gasteiger partial charge in [-0.2, -0.15) is 0 Å². The van der Waals surface area contributed by atoms with Crippen molar-refractivity contribution in [3.63, 3.8) is 0 Å². The lowest BCUT2D eigenvalue weighted by atomic mass is 10.2. The van der Waals surface area contributed by atoms with Crippen molar-refractivity contribution in [2.24, 2.45) is 0 Å². The Balaban J connectivity index is 2.30. The molecule has 1 fully saturated rings. The highest BCUT2D eigenvalue weighted by Crippen LogP contribution is 2.24. The smallest absolute Gasteiger partial charge is 0.396 e. The van der Waals surface area contributed by atoms with Crippen molar-refractivity contribution in [2.45, 2.75) is 31.7 Å². The summed E-state index contributed by atoms with van der Waals surface area (Å²) in [5, 5.41) is 17.9. The van der Waals surface area contributed by atoms with E-state index in [2.05, 4.69) is 9.47 Å². The van der Waals surface area contributed by atoms with Gasteiger partial charge < -0.3 is 19.7 Å². The van der Waals surface area contributed by atoms with Gasteiger partial charge in [-0.3, -0.25) is 0 Å². The second kappa shape index (κ2) is 4.39. The number of aliphatic hydroxyl groups is 2. The molecule has 80 valence electrons. The Hall–Kier alpha value is -1.14. The Bertz CT molecular complexity index is 220. The minimum Gasteiger partial charge on any atom is -0.396 e. The first kappa shape index (κ1) is 10.9. The van der Waals surface area contributed by atoms with Crippen LogP contribution in [0.3, 0.4) is 0 Å². The fraction of sp³-hybridized carbons (Fsp3) is 0.750. The molecule has 1 saturated heterocycles. The molecule has 0 atom stereocenters. The maximum absolute atomic E-state index is 10.6. The van der Waals surface area contributed by atoms with Gasteiger partial charge in [-0.25, -0.2) is 9.59 Å². The Morgan fingerprint density at radius 1 is 1.07 bits per heavy atom. The van der Waals surface area contributed by atoms with Crippen molar-refractivity contribution in [1.82, 2.24) is 0 Å². The first-order valence-corrected chi connectivity index (χ1v) is 4.37. The molecule has 0 saturated carbocycles. The second-order valence-corrected chi connectivity index (χ2v) is 3.03. The fourth-order valence-corrected chi connectivity index (χ4v) is 1.13. The van der Waals surface area contributed by atoms with E-state index in [4.69, 9.17) is 5.11 Å². The van der Waals surface area contributed by atoms with E-state index < -0.39 is 17.9 Å². The molecule has 1 heterocycles. The van der Waals surface area contributed by atoms with Gasteiger partial charge in [-0.1, -0.05) is 6.42 Å². The number of hydrogen-bond acceptors (Lipinski definition) is 6. The first-order chi connectivity index (χ1) is 6.57. The maximum Gasteiger partial charge on any atom is 0.422 e. The van der Waals surface area contributed by atoms with E-state index in [1.54, 1.807) is 0 Å². The topological polar surface area (TPSA) is 93.1 Å². The summed E-state index contributed by atoms with van der Waals surface area (Å²) >= 11 is 0. The minimum absolute atomic E-state index is 0.0322. The van der Waals surface area contributed by atoms with Gasteiger partial charge in [0.2, 0.25) is 0 Å². The number of hydrogen-bond donors (Lipinski definition) is 2. The Morgan fingerprint density at radius 2 is 1.64 bits per heavy atom. The molecule has 0 aliphatic carbocycles. The molecule has 0 aromatic heterocycles. The van der Waals surface area contributed by atoms with E-state index in [0.717, 1.165) is 0 Å². The predicted molar refractivity (Wildman–Crippen MR) is 42.7 cm³/mol. The highest BCUT2D eigenvalue weighted by Gasteiger charge is 2.46. The normalized spacial score (nSPS) is 19.3. The summed E-state index contributed by atoms with van der Waals surface area (Å²) in [6.07, 6.45) is 1.79. The van der Waals surface area contributed by atoms with Gasteiger partial charge in [0.1, 0.15) is 0 Å². The average molecular weight is 204 g/mol. The molecule has 14 heavy (non-hydrogen) atoms. The molecule has 0 aromatic carbocycles. The molecular formula is C8H12O6. The van der Waals surface area contributed by atoms with E-state index in [1.165, 1.54) is 0 Å². The Kier molecular flexibility index (Phi) is 3.43. The van der Waals surface area contributed by atoms with Crippen molar-refractivity contribution in [1.29, 1.82) is 0 Å². The van der Waals surface area contributed by atoms with Crippen molar-refractivity contribution >= 4 is 11.9 Å². The predicted octanol–water partition coefficient (Wildman–Crippen LogP) is -0.715. The number of ether oxygens (including phenoxy) is 2. The number of rotatable bonds is 5. The first-order valence-electron chi connectivity index (χ1n) is 4.37. The molecule has 0 aromatic rings. The van der Waals surface area contributed by atoms with Crippen LogP contribution < -0.4 is 0 Å². The lowest BCUT2D eigenvalue weighted by molar-refractivity contribution is -0.295. The molecule has 0 unspecified atom stereocenters. The highest BCUT2D eigenvalue weighted by atomic mass is 16.9. The molecule has 0 bridgehead atoms. The van der Waals surface area contributed by atoms with Crippen LogP contribution in [-0.2, 0) is 19.1 Å². The van der Waals surface area contributed by atoms with Gasteiger partial charge in [0.25, 0.3) is 0 Å². The van der Waals surface area contributed by atoms with E-state index >= 15 is 0 Å². The van der Waals surface area contributed by atoms with Gasteiger partial charge in [-0.15, -0.1) is 0 Å². The van der Waals surface area contributed by atoms with Gasteiger partial charge in [-0.05, 0) is 12.8 Å². The number of carbonyl (C=O) groups is 2. The van der Waals surface area contributed by atoms with E-state index in [1.807, 2.05) is 0 Å². The van der Waals surface area contributed by atoms with Crippen LogP contribution in [0.5, 0.6) is 0 Å². The molecule has 1 aliphatic heterocycles. The SMILES string of the molecule is O=C1OC(O)(CCCCCO)OC1=O. The summed E-state index contributed by atoms with van der Waals surface area (Å²) in [5.74, 6) is -4.44. The van der Waals surface area contributed by atoms with Crippen molar-refractivity contribution in [3.8, 4) is 0 Å². The zero-order valence-electron chi connectivity index (χ0n) is 7.56. The van der Waals surface area contributed by atoms with Crippen LogP contribution in [-0.4, -0.2) is 34.7 Å². The number of carbonyl (C=O) groups excluding carboxylic acids is 2. The molecule has 0 spiro atoms. The van der Waals surface area contributed by atoms with Crippen LogP contribution in [0.1, 0.15) is 25.7 Å². The largest absolute Gasteiger partial charge is 0.422 e. The molecule has 2 N–H and O–H groups in total. The quantitative estimate of drug-likeness (QED) is 0.349. The number of aliphatic hydroxyl groups excluding tert-OH is 1. The number of cyclic esters (lactones) is 2. The van der Waals surface area contributed by atoms with Crippen LogP contribution in [0.15, 0.2) is 0 Å². The molecule has 1 aliphatic rings. The molecule has 6 heteroatoms. The third-order valence-corrected chi connectivity index (χ3v) is 1.82. The van der Waals surface area contributed by atoms with E-state index in [0.29, 0.717) is 19.3 Å². The lowest BCUT2D eigenvalue weighted by Gasteiger charge is -2.17. The number of esters is 2. The summed E-state index contributed by atoms with van der Waals surface area (Å²) in [7, 11) is 0. The van der Waals surface area contributed by atoms with E-state index in [9.17, 15) is 14.7 Å².